The van der Waals surface area contributed by atoms with Crippen molar-refractivity contribution in [2.75, 3.05) is 11.4 Å². The standard InChI is InChI=1S/C19H20N2O2/c1-12-11-13(2)21(15-7-8-15)19(23)17(12)18(22)20-10-9-14-5-3-4-6-16(14)20/h3-6,11,15H,7-10H2,1-2H3. The Bertz CT molecular complexity index is 862. The van der Waals surface area contributed by atoms with Gasteiger partial charge in [-0.1, -0.05) is 18.2 Å². The zero-order valence-electron chi connectivity index (χ0n) is 13.5. The van der Waals surface area contributed by atoms with Gasteiger partial charge in [0.25, 0.3) is 11.5 Å². The Morgan fingerprint density at radius 1 is 1.17 bits per heavy atom. The molecule has 0 N–H and O–H groups in total. The first-order valence-electron chi connectivity index (χ1n) is 8.20. The second kappa shape index (κ2) is 5.08. The Hall–Kier alpha value is -2.36. The van der Waals surface area contributed by atoms with E-state index in [1.54, 1.807) is 4.90 Å². The summed E-state index contributed by atoms with van der Waals surface area (Å²) in [6.07, 6.45) is 2.91. The summed E-state index contributed by atoms with van der Waals surface area (Å²) in [5.74, 6) is -0.160. The van der Waals surface area contributed by atoms with Gasteiger partial charge in [0.2, 0.25) is 0 Å². The summed E-state index contributed by atoms with van der Waals surface area (Å²) in [5.41, 5.74) is 4.05. The van der Waals surface area contributed by atoms with E-state index in [4.69, 9.17) is 0 Å². The Kier molecular flexibility index (Phi) is 3.15. The Morgan fingerprint density at radius 3 is 2.65 bits per heavy atom. The molecule has 0 saturated heterocycles. The lowest BCUT2D eigenvalue weighted by atomic mass is 10.1. The number of benzene rings is 1. The van der Waals surface area contributed by atoms with Crippen LogP contribution in [0.25, 0.3) is 0 Å². The van der Waals surface area contributed by atoms with Crippen molar-refractivity contribution in [3.8, 4) is 0 Å². The van der Waals surface area contributed by atoms with Gasteiger partial charge in [0.05, 0.1) is 0 Å². The van der Waals surface area contributed by atoms with Crippen molar-refractivity contribution < 1.29 is 4.79 Å². The lowest BCUT2D eigenvalue weighted by Gasteiger charge is -2.20. The summed E-state index contributed by atoms with van der Waals surface area (Å²) < 4.78 is 1.81. The number of para-hydroxylation sites is 1. The van der Waals surface area contributed by atoms with Gasteiger partial charge in [0, 0.05) is 24.0 Å². The molecule has 2 aliphatic rings. The molecule has 1 aliphatic carbocycles. The van der Waals surface area contributed by atoms with Crippen LogP contribution in [0.2, 0.25) is 0 Å². The summed E-state index contributed by atoms with van der Waals surface area (Å²) >= 11 is 0. The highest BCUT2D eigenvalue weighted by Crippen LogP contribution is 2.35. The molecule has 1 aliphatic heterocycles. The lowest BCUT2D eigenvalue weighted by Crippen LogP contribution is -2.37. The number of carbonyl (C=O) groups is 1. The smallest absolute Gasteiger partial charge is 0.264 e. The SMILES string of the molecule is Cc1cc(C)n(C2CC2)c(=O)c1C(=O)N1CCc2ccccc21. The fraction of sp³-hybridized carbons (Fsp3) is 0.368. The van der Waals surface area contributed by atoms with Gasteiger partial charge in [-0.25, -0.2) is 0 Å². The highest BCUT2D eigenvalue weighted by atomic mass is 16.2. The van der Waals surface area contributed by atoms with Crippen LogP contribution in [0.4, 0.5) is 5.69 Å². The van der Waals surface area contributed by atoms with Crippen LogP contribution < -0.4 is 10.5 Å². The topological polar surface area (TPSA) is 42.3 Å². The number of hydrogen-bond acceptors (Lipinski definition) is 2. The van der Waals surface area contributed by atoms with Crippen molar-refractivity contribution in [2.24, 2.45) is 0 Å². The van der Waals surface area contributed by atoms with Gasteiger partial charge in [-0.2, -0.15) is 0 Å². The van der Waals surface area contributed by atoms with Crippen molar-refractivity contribution in [3.05, 3.63) is 63.1 Å². The molecule has 0 radical (unpaired) electrons. The number of rotatable bonds is 2. The molecule has 2 heterocycles. The van der Waals surface area contributed by atoms with Crippen LogP contribution in [0.15, 0.2) is 35.1 Å². The highest BCUT2D eigenvalue weighted by Gasteiger charge is 2.32. The number of fused-ring (bicyclic) bond motifs is 1. The van der Waals surface area contributed by atoms with E-state index in [2.05, 4.69) is 0 Å². The van der Waals surface area contributed by atoms with Gasteiger partial charge in [0.1, 0.15) is 5.56 Å². The van der Waals surface area contributed by atoms with Crippen molar-refractivity contribution in [1.29, 1.82) is 0 Å². The third kappa shape index (κ3) is 2.21. The Morgan fingerprint density at radius 2 is 1.91 bits per heavy atom. The van der Waals surface area contributed by atoms with Crippen LogP contribution in [0.1, 0.15) is 46.1 Å². The second-order valence-corrected chi connectivity index (χ2v) is 6.59. The molecule has 0 unspecified atom stereocenters. The molecule has 0 atom stereocenters. The predicted octanol–water partition coefficient (Wildman–Crippen LogP) is 3.00. The third-order valence-corrected chi connectivity index (χ3v) is 4.89. The largest absolute Gasteiger partial charge is 0.309 e. The number of pyridine rings is 1. The molecule has 1 saturated carbocycles. The summed E-state index contributed by atoms with van der Waals surface area (Å²) in [6.45, 7) is 4.46. The maximum absolute atomic E-state index is 13.1. The van der Waals surface area contributed by atoms with Gasteiger partial charge in [-0.15, -0.1) is 0 Å². The average molecular weight is 308 g/mol. The summed E-state index contributed by atoms with van der Waals surface area (Å²) in [4.78, 5) is 27.7. The zero-order valence-corrected chi connectivity index (χ0v) is 13.5. The van der Waals surface area contributed by atoms with E-state index < -0.39 is 0 Å². The van der Waals surface area contributed by atoms with Crippen LogP contribution in [-0.4, -0.2) is 17.0 Å². The molecule has 1 amide bonds. The minimum absolute atomic E-state index is 0.126. The Balaban J connectivity index is 1.81. The molecule has 1 aromatic carbocycles. The van der Waals surface area contributed by atoms with E-state index in [0.717, 1.165) is 36.2 Å². The first-order valence-corrected chi connectivity index (χ1v) is 8.20. The number of carbonyl (C=O) groups excluding carboxylic acids is 1. The van der Waals surface area contributed by atoms with Gasteiger partial charge in [-0.3, -0.25) is 9.59 Å². The lowest BCUT2D eigenvalue weighted by molar-refractivity contribution is 0.0986. The fourth-order valence-electron chi connectivity index (χ4n) is 3.64. The molecule has 1 aromatic heterocycles. The van der Waals surface area contributed by atoms with Crippen LogP contribution in [-0.2, 0) is 6.42 Å². The first kappa shape index (κ1) is 14.2. The van der Waals surface area contributed by atoms with Gasteiger partial charge in [-0.05, 0) is 56.4 Å². The third-order valence-electron chi connectivity index (χ3n) is 4.89. The van der Waals surface area contributed by atoms with Crippen LogP contribution >= 0.6 is 0 Å². The van der Waals surface area contributed by atoms with E-state index in [1.807, 2.05) is 48.7 Å². The second-order valence-electron chi connectivity index (χ2n) is 6.59. The number of aryl methyl sites for hydroxylation is 2. The first-order chi connectivity index (χ1) is 11.1. The normalized spacial score (nSPS) is 16.5. The summed E-state index contributed by atoms with van der Waals surface area (Å²) in [7, 11) is 0. The number of hydrogen-bond donors (Lipinski definition) is 0. The summed E-state index contributed by atoms with van der Waals surface area (Å²) in [6, 6.07) is 10.2. The molecular weight excluding hydrogens is 288 g/mol. The van der Waals surface area contributed by atoms with Crippen LogP contribution in [0, 0.1) is 13.8 Å². The number of anilines is 1. The summed E-state index contributed by atoms with van der Waals surface area (Å²) in [5, 5.41) is 0. The van der Waals surface area contributed by atoms with Gasteiger partial charge in [0.15, 0.2) is 0 Å². The van der Waals surface area contributed by atoms with E-state index >= 15 is 0 Å². The average Bonchev–Trinajstić information content (AvgIpc) is 3.24. The molecule has 1 fully saturated rings. The quantitative estimate of drug-likeness (QED) is 0.856. The molecule has 0 spiro atoms. The highest BCUT2D eigenvalue weighted by molar-refractivity contribution is 6.08. The van der Waals surface area contributed by atoms with Gasteiger partial charge >= 0.3 is 0 Å². The van der Waals surface area contributed by atoms with E-state index in [1.165, 1.54) is 5.56 Å². The minimum atomic E-state index is -0.160. The molecule has 4 nitrogen and oxygen atoms in total. The zero-order chi connectivity index (χ0) is 16.1. The van der Waals surface area contributed by atoms with E-state index in [9.17, 15) is 9.59 Å². The van der Waals surface area contributed by atoms with Crippen LogP contribution in [0.5, 0.6) is 0 Å². The Labute approximate surface area is 135 Å². The van der Waals surface area contributed by atoms with Crippen molar-refractivity contribution >= 4 is 11.6 Å². The van der Waals surface area contributed by atoms with Crippen molar-refractivity contribution in [3.63, 3.8) is 0 Å². The van der Waals surface area contributed by atoms with E-state index in [-0.39, 0.29) is 17.5 Å². The maximum Gasteiger partial charge on any atom is 0.264 e. The molecule has 4 heteroatoms. The number of amides is 1. The monoisotopic (exact) mass is 308 g/mol. The minimum Gasteiger partial charge on any atom is -0.309 e. The maximum atomic E-state index is 13.1. The molecule has 0 bridgehead atoms. The molecule has 23 heavy (non-hydrogen) atoms. The number of aromatic nitrogens is 1. The predicted molar refractivity (Wildman–Crippen MR) is 90.3 cm³/mol. The molecule has 2 aromatic rings. The van der Waals surface area contributed by atoms with Crippen molar-refractivity contribution in [1.82, 2.24) is 4.57 Å². The van der Waals surface area contributed by atoms with Crippen LogP contribution in [0.3, 0.4) is 0 Å². The fourth-order valence-corrected chi connectivity index (χ4v) is 3.64. The van der Waals surface area contributed by atoms with Gasteiger partial charge < -0.3 is 9.47 Å². The molecule has 118 valence electrons. The van der Waals surface area contributed by atoms with Crippen molar-refractivity contribution in [2.45, 2.75) is 39.2 Å². The number of nitrogens with zero attached hydrogens (tertiary/aromatic N) is 2. The molecule has 4 rings (SSSR count). The molecular formula is C19H20N2O2. The van der Waals surface area contributed by atoms with E-state index in [0.29, 0.717) is 12.1 Å².